The number of halogens is 1. The van der Waals surface area contributed by atoms with Gasteiger partial charge in [-0.25, -0.2) is 4.98 Å². The van der Waals surface area contributed by atoms with E-state index in [1.165, 1.54) is 0 Å². The second kappa shape index (κ2) is 5.72. The lowest BCUT2D eigenvalue weighted by Gasteiger charge is -2.07. The van der Waals surface area contributed by atoms with Gasteiger partial charge in [-0.05, 0) is 40.3 Å². The fourth-order valence-corrected chi connectivity index (χ4v) is 1.20. The highest BCUT2D eigenvalue weighted by atomic mass is 79.9. The lowest BCUT2D eigenvalue weighted by molar-refractivity contribution is 1.06. The molecule has 14 heavy (non-hydrogen) atoms. The van der Waals surface area contributed by atoms with E-state index in [0.717, 1.165) is 10.3 Å². The van der Waals surface area contributed by atoms with Crippen LogP contribution in [0.4, 0.5) is 5.82 Å². The second-order valence-corrected chi connectivity index (χ2v) is 3.81. The zero-order valence-electron chi connectivity index (χ0n) is 7.46. The molecule has 0 aromatic carbocycles. The summed E-state index contributed by atoms with van der Waals surface area (Å²) in [5.74, 6) is 0.717. The molecule has 0 aliphatic rings. The Morgan fingerprint density at radius 1 is 1.64 bits per heavy atom. The molecule has 0 amide bonds. The molecule has 2 N–H and O–H groups in total. The van der Waals surface area contributed by atoms with Crippen LogP contribution in [0.25, 0.3) is 0 Å². The van der Waals surface area contributed by atoms with Crippen LogP contribution >= 0.6 is 28.1 Å². The van der Waals surface area contributed by atoms with Gasteiger partial charge in [0.1, 0.15) is 5.82 Å². The number of hydrogen-bond donors (Lipinski definition) is 2. The molecule has 0 atom stereocenters. The van der Waals surface area contributed by atoms with Crippen LogP contribution in [0.3, 0.4) is 0 Å². The Hall–Kier alpha value is -0.940. The molecule has 0 unspecified atom stereocenters. The van der Waals surface area contributed by atoms with Crippen molar-refractivity contribution in [1.82, 2.24) is 10.3 Å². The van der Waals surface area contributed by atoms with E-state index in [1.807, 2.05) is 12.1 Å². The monoisotopic (exact) mass is 271 g/mol. The zero-order chi connectivity index (χ0) is 10.4. The van der Waals surface area contributed by atoms with Crippen molar-refractivity contribution >= 4 is 39.1 Å². The molecule has 0 aliphatic heterocycles. The van der Waals surface area contributed by atoms with Crippen LogP contribution in [0.2, 0.25) is 0 Å². The van der Waals surface area contributed by atoms with Gasteiger partial charge < -0.3 is 10.6 Å². The van der Waals surface area contributed by atoms with Crippen LogP contribution in [0.5, 0.6) is 0 Å². The lowest BCUT2D eigenvalue weighted by Crippen LogP contribution is -2.28. The van der Waals surface area contributed by atoms with E-state index in [-0.39, 0.29) is 0 Å². The first-order valence-electron chi connectivity index (χ1n) is 3.99. The van der Waals surface area contributed by atoms with Gasteiger partial charge in [-0.2, -0.15) is 0 Å². The molecule has 0 saturated carbocycles. The van der Waals surface area contributed by atoms with Gasteiger partial charge in [0.2, 0.25) is 0 Å². The SMILES string of the molecule is C=CCNC(=S)Nc1ccc(Br)cn1. The molecule has 1 heterocycles. The molecule has 1 rings (SSSR count). The summed E-state index contributed by atoms with van der Waals surface area (Å²) < 4.78 is 0.938. The molecular weight excluding hydrogens is 262 g/mol. The maximum absolute atomic E-state index is 5.01. The molecule has 1 aromatic rings. The Morgan fingerprint density at radius 3 is 3.00 bits per heavy atom. The molecule has 5 heteroatoms. The van der Waals surface area contributed by atoms with Crippen molar-refractivity contribution in [2.45, 2.75) is 0 Å². The average molecular weight is 272 g/mol. The van der Waals surface area contributed by atoms with Gasteiger partial charge in [0, 0.05) is 17.2 Å². The Kier molecular flexibility index (Phi) is 4.55. The number of nitrogens with one attached hydrogen (secondary N) is 2. The van der Waals surface area contributed by atoms with E-state index in [4.69, 9.17) is 12.2 Å². The van der Waals surface area contributed by atoms with Crippen molar-refractivity contribution in [3.8, 4) is 0 Å². The summed E-state index contributed by atoms with van der Waals surface area (Å²) in [5, 5.41) is 6.43. The molecule has 0 spiro atoms. The van der Waals surface area contributed by atoms with Crippen LogP contribution in [0.1, 0.15) is 0 Å². The van der Waals surface area contributed by atoms with E-state index < -0.39 is 0 Å². The number of pyridine rings is 1. The maximum Gasteiger partial charge on any atom is 0.172 e. The topological polar surface area (TPSA) is 37.0 Å². The third-order valence-electron chi connectivity index (χ3n) is 1.38. The summed E-state index contributed by atoms with van der Waals surface area (Å²) >= 11 is 8.31. The van der Waals surface area contributed by atoms with Gasteiger partial charge in [-0.1, -0.05) is 6.08 Å². The maximum atomic E-state index is 5.01. The minimum Gasteiger partial charge on any atom is -0.359 e. The molecule has 0 saturated heterocycles. The van der Waals surface area contributed by atoms with E-state index in [0.29, 0.717) is 11.7 Å². The van der Waals surface area contributed by atoms with Gasteiger partial charge >= 0.3 is 0 Å². The van der Waals surface area contributed by atoms with Crippen molar-refractivity contribution < 1.29 is 0 Å². The van der Waals surface area contributed by atoms with Gasteiger partial charge in [0.15, 0.2) is 5.11 Å². The standard InChI is InChI=1S/C9H10BrN3S/c1-2-5-11-9(14)13-8-4-3-7(10)6-12-8/h2-4,6H,1,5H2,(H2,11,12,13,14). The smallest absolute Gasteiger partial charge is 0.172 e. The average Bonchev–Trinajstić information content (AvgIpc) is 2.18. The molecule has 74 valence electrons. The molecule has 0 radical (unpaired) electrons. The quantitative estimate of drug-likeness (QED) is 0.654. The first kappa shape index (κ1) is 11.1. The summed E-state index contributed by atoms with van der Waals surface area (Å²) in [6.07, 6.45) is 3.45. The van der Waals surface area contributed by atoms with Crippen molar-refractivity contribution in [1.29, 1.82) is 0 Å². The Bertz CT molecular complexity index is 323. The highest BCUT2D eigenvalue weighted by molar-refractivity contribution is 9.10. The van der Waals surface area contributed by atoms with E-state index in [9.17, 15) is 0 Å². The van der Waals surface area contributed by atoms with Crippen LogP contribution in [-0.2, 0) is 0 Å². The Labute approximate surface area is 96.7 Å². The minimum absolute atomic E-state index is 0.541. The molecule has 0 bridgehead atoms. The Balaban J connectivity index is 2.47. The predicted molar refractivity (Wildman–Crippen MR) is 66.4 cm³/mol. The van der Waals surface area contributed by atoms with Gasteiger partial charge in [0.05, 0.1) is 0 Å². The van der Waals surface area contributed by atoms with Gasteiger partial charge in [0.25, 0.3) is 0 Å². The third-order valence-corrected chi connectivity index (χ3v) is 2.09. The zero-order valence-corrected chi connectivity index (χ0v) is 9.86. The summed E-state index contributed by atoms with van der Waals surface area (Å²) in [6.45, 7) is 4.22. The van der Waals surface area contributed by atoms with E-state index >= 15 is 0 Å². The van der Waals surface area contributed by atoms with Crippen molar-refractivity contribution in [2.75, 3.05) is 11.9 Å². The fourth-order valence-electron chi connectivity index (χ4n) is 0.775. The molecular formula is C9H10BrN3S. The largest absolute Gasteiger partial charge is 0.359 e. The molecule has 0 aliphatic carbocycles. The highest BCUT2D eigenvalue weighted by Gasteiger charge is 1.96. The van der Waals surface area contributed by atoms with Gasteiger partial charge in [-0.3, -0.25) is 0 Å². The number of anilines is 1. The first-order valence-corrected chi connectivity index (χ1v) is 5.20. The van der Waals surface area contributed by atoms with Crippen LogP contribution in [0, 0.1) is 0 Å². The normalized spacial score (nSPS) is 9.21. The molecule has 3 nitrogen and oxygen atoms in total. The fraction of sp³-hybridized carbons (Fsp3) is 0.111. The number of hydrogen-bond acceptors (Lipinski definition) is 2. The van der Waals surface area contributed by atoms with E-state index in [1.54, 1.807) is 12.3 Å². The second-order valence-electron chi connectivity index (χ2n) is 2.49. The number of thiocarbonyl (C=S) groups is 1. The first-order chi connectivity index (χ1) is 6.72. The van der Waals surface area contributed by atoms with Crippen molar-refractivity contribution in [3.63, 3.8) is 0 Å². The summed E-state index contributed by atoms with van der Waals surface area (Å²) in [5.41, 5.74) is 0. The minimum atomic E-state index is 0.541. The number of rotatable bonds is 3. The highest BCUT2D eigenvalue weighted by Crippen LogP contribution is 2.09. The summed E-state index contributed by atoms with van der Waals surface area (Å²) in [4.78, 5) is 4.12. The van der Waals surface area contributed by atoms with Crippen molar-refractivity contribution in [2.24, 2.45) is 0 Å². The van der Waals surface area contributed by atoms with Crippen LogP contribution in [-0.4, -0.2) is 16.6 Å². The Morgan fingerprint density at radius 2 is 2.43 bits per heavy atom. The number of nitrogens with zero attached hydrogens (tertiary/aromatic N) is 1. The van der Waals surface area contributed by atoms with Gasteiger partial charge in [-0.15, -0.1) is 6.58 Å². The molecule has 0 fully saturated rings. The predicted octanol–water partition coefficient (Wildman–Crippen LogP) is 2.32. The van der Waals surface area contributed by atoms with Crippen LogP contribution in [0.15, 0.2) is 35.5 Å². The summed E-state index contributed by atoms with van der Waals surface area (Å²) in [7, 11) is 0. The molecule has 1 aromatic heterocycles. The lowest BCUT2D eigenvalue weighted by atomic mass is 10.5. The van der Waals surface area contributed by atoms with Crippen molar-refractivity contribution in [3.05, 3.63) is 35.5 Å². The van der Waals surface area contributed by atoms with E-state index in [2.05, 4.69) is 38.1 Å². The summed E-state index contributed by atoms with van der Waals surface area (Å²) in [6, 6.07) is 3.73. The third kappa shape index (κ3) is 3.85. The number of aromatic nitrogens is 1. The van der Waals surface area contributed by atoms with Crippen LogP contribution < -0.4 is 10.6 Å².